The van der Waals surface area contributed by atoms with E-state index in [-0.39, 0.29) is 16.4 Å². The lowest BCUT2D eigenvalue weighted by Crippen LogP contribution is -2.10. The number of nitriles is 1. The highest BCUT2D eigenvalue weighted by atomic mass is 35.5. The summed E-state index contributed by atoms with van der Waals surface area (Å²) in [5, 5.41) is 9.88. The van der Waals surface area contributed by atoms with E-state index >= 15 is 0 Å². The molecule has 0 aliphatic rings. The molecule has 3 rings (SSSR count). The number of methoxy groups -OCH3 is 1. The van der Waals surface area contributed by atoms with E-state index in [4.69, 9.17) is 20.5 Å². The predicted octanol–water partition coefficient (Wildman–Crippen LogP) is 5.18. The van der Waals surface area contributed by atoms with Crippen LogP contribution in [0.4, 0.5) is 0 Å². The Hall–Kier alpha value is -3.27. The number of nitrogens with zero attached hydrogens (tertiary/aromatic N) is 1. The lowest BCUT2D eigenvalue weighted by Gasteiger charge is -2.11. The van der Waals surface area contributed by atoms with Gasteiger partial charge in [0.2, 0.25) is 0 Å². The molecule has 0 aliphatic heterocycles. The van der Waals surface area contributed by atoms with Gasteiger partial charge in [0, 0.05) is 5.02 Å². The van der Waals surface area contributed by atoms with Crippen molar-refractivity contribution in [3.63, 3.8) is 0 Å². The summed E-state index contributed by atoms with van der Waals surface area (Å²) in [7, 11) is -2.64. The first kappa shape index (κ1) is 20.5. The van der Waals surface area contributed by atoms with Crippen molar-refractivity contribution in [1.29, 1.82) is 5.26 Å². The summed E-state index contributed by atoms with van der Waals surface area (Å²) < 4.78 is 35.5. The summed E-state index contributed by atoms with van der Waals surface area (Å²) in [5.74, 6) is 0.263. The quantitative estimate of drug-likeness (QED) is 0.309. The Morgan fingerprint density at radius 3 is 2.31 bits per heavy atom. The van der Waals surface area contributed by atoms with Crippen LogP contribution in [0.25, 0.3) is 11.6 Å². The maximum Gasteiger partial charge on any atom is 0.339 e. The second-order valence-corrected chi connectivity index (χ2v) is 7.92. The number of hydrogen-bond acceptors (Lipinski definition) is 5. The molecule has 29 heavy (non-hydrogen) atoms. The molecule has 0 spiro atoms. The Bertz CT molecular complexity index is 1180. The van der Waals surface area contributed by atoms with Crippen molar-refractivity contribution in [2.24, 2.45) is 0 Å². The van der Waals surface area contributed by atoms with E-state index in [2.05, 4.69) is 6.07 Å². The molecule has 0 heterocycles. The van der Waals surface area contributed by atoms with Crippen LogP contribution in [0.3, 0.4) is 0 Å². The van der Waals surface area contributed by atoms with Crippen LogP contribution in [-0.2, 0) is 10.1 Å². The molecule has 0 amide bonds. The van der Waals surface area contributed by atoms with Gasteiger partial charge in [-0.25, -0.2) is 0 Å². The minimum absolute atomic E-state index is 0.0243. The van der Waals surface area contributed by atoms with Gasteiger partial charge in [-0.2, -0.15) is 13.7 Å². The van der Waals surface area contributed by atoms with Crippen LogP contribution < -0.4 is 8.92 Å². The third-order valence-electron chi connectivity index (χ3n) is 4.01. The van der Waals surface area contributed by atoms with E-state index in [1.165, 1.54) is 37.4 Å². The lowest BCUT2D eigenvalue weighted by molar-refractivity contribution is 0.390. The molecule has 5 nitrogen and oxygen atoms in total. The summed E-state index contributed by atoms with van der Waals surface area (Å²) in [6.07, 6.45) is 1.69. The molecule has 0 fully saturated rings. The minimum Gasteiger partial charge on any atom is -0.493 e. The lowest BCUT2D eigenvalue weighted by atomic mass is 10.0. The Morgan fingerprint density at radius 1 is 1.00 bits per heavy atom. The molecule has 7 heteroatoms. The SMILES string of the molecule is COc1cc(/C=C(\C#N)c2ccccc2)ccc1OS(=O)(=O)c1ccc(Cl)cc1. The third kappa shape index (κ3) is 4.96. The molecule has 0 radical (unpaired) electrons. The molecule has 0 saturated carbocycles. The van der Waals surface area contributed by atoms with Crippen LogP contribution >= 0.6 is 11.6 Å². The van der Waals surface area contributed by atoms with Gasteiger partial charge < -0.3 is 8.92 Å². The van der Waals surface area contributed by atoms with Gasteiger partial charge in [0.25, 0.3) is 0 Å². The van der Waals surface area contributed by atoms with Gasteiger partial charge in [0.1, 0.15) is 4.90 Å². The highest BCUT2D eigenvalue weighted by molar-refractivity contribution is 7.87. The average Bonchev–Trinajstić information content (AvgIpc) is 2.73. The number of allylic oxidation sites excluding steroid dienone is 1. The molecule has 0 atom stereocenters. The van der Waals surface area contributed by atoms with Gasteiger partial charge in [0.15, 0.2) is 11.5 Å². The molecular formula is C22H16ClNO4S. The van der Waals surface area contributed by atoms with Crippen LogP contribution in [0.2, 0.25) is 5.02 Å². The van der Waals surface area contributed by atoms with Gasteiger partial charge in [-0.1, -0.05) is 48.0 Å². The predicted molar refractivity (Wildman–Crippen MR) is 112 cm³/mol. The smallest absolute Gasteiger partial charge is 0.339 e. The Morgan fingerprint density at radius 2 is 1.69 bits per heavy atom. The summed E-state index contributed by atoms with van der Waals surface area (Å²) >= 11 is 5.80. The Labute approximate surface area is 174 Å². The number of benzene rings is 3. The first-order valence-electron chi connectivity index (χ1n) is 8.48. The third-order valence-corrected chi connectivity index (χ3v) is 5.51. The molecule has 146 valence electrons. The fourth-order valence-electron chi connectivity index (χ4n) is 2.57. The zero-order valence-corrected chi connectivity index (χ0v) is 16.9. The number of halogens is 1. The van der Waals surface area contributed by atoms with Crippen LogP contribution in [0.5, 0.6) is 11.5 Å². The second kappa shape index (κ2) is 8.82. The van der Waals surface area contributed by atoms with E-state index in [0.29, 0.717) is 16.2 Å². The van der Waals surface area contributed by atoms with Gasteiger partial charge in [-0.3, -0.25) is 0 Å². The van der Waals surface area contributed by atoms with E-state index in [1.54, 1.807) is 18.2 Å². The number of hydrogen-bond donors (Lipinski definition) is 0. The monoisotopic (exact) mass is 425 g/mol. The zero-order valence-electron chi connectivity index (χ0n) is 15.4. The zero-order chi connectivity index (χ0) is 20.9. The van der Waals surface area contributed by atoms with Crippen molar-refractivity contribution in [1.82, 2.24) is 0 Å². The first-order chi connectivity index (χ1) is 13.9. The highest BCUT2D eigenvalue weighted by Crippen LogP contribution is 2.32. The maximum absolute atomic E-state index is 12.5. The van der Waals surface area contributed by atoms with E-state index < -0.39 is 10.1 Å². The van der Waals surface area contributed by atoms with Crippen molar-refractivity contribution in [3.05, 3.63) is 88.9 Å². The average molecular weight is 426 g/mol. The van der Waals surface area contributed by atoms with Crippen LogP contribution in [0.1, 0.15) is 11.1 Å². The van der Waals surface area contributed by atoms with Crippen molar-refractivity contribution in [2.45, 2.75) is 4.90 Å². The molecule has 3 aromatic carbocycles. The fraction of sp³-hybridized carbons (Fsp3) is 0.0455. The van der Waals surface area contributed by atoms with Gasteiger partial charge in [-0.15, -0.1) is 0 Å². The van der Waals surface area contributed by atoms with Crippen molar-refractivity contribution >= 4 is 33.4 Å². The fourth-order valence-corrected chi connectivity index (χ4v) is 3.64. The molecule has 0 unspecified atom stereocenters. The topological polar surface area (TPSA) is 76.4 Å². The first-order valence-corrected chi connectivity index (χ1v) is 10.3. The summed E-state index contributed by atoms with van der Waals surface area (Å²) in [5.41, 5.74) is 1.91. The Balaban J connectivity index is 1.92. The van der Waals surface area contributed by atoms with Crippen molar-refractivity contribution < 1.29 is 17.3 Å². The number of ether oxygens (including phenoxy) is 1. The molecule has 0 N–H and O–H groups in total. The van der Waals surface area contributed by atoms with Crippen molar-refractivity contribution in [3.8, 4) is 17.6 Å². The molecule has 3 aromatic rings. The second-order valence-electron chi connectivity index (χ2n) is 5.94. The van der Waals surface area contributed by atoms with Gasteiger partial charge >= 0.3 is 10.1 Å². The van der Waals surface area contributed by atoms with Gasteiger partial charge in [0.05, 0.1) is 18.8 Å². The van der Waals surface area contributed by atoms with E-state index in [0.717, 1.165) is 5.56 Å². The summed E-state index contributed by atoms with van der Waals surface area (Å²) in [6, 6.07) is 21.8. The Kier molecular flexibility index (Phi) is 6.23. The normalized spacial score (nSPS) is 11.6. The summed E-state index contributed by atoms with van der Waals surface area (Å²) in [4.78, 5) is -0.0243. The van der Waals surface area contributed by atoms with Crippen LogP contribution in [0, 0.1) is 11.3 Å². The van der Waals surface area contributed by atoms with Crippen LogP contribution in [0.15, 0.2) is 77.7 Å². The van der Waals surface area contributed by atoms with Crippen molar-refractivity contribution in [2.75, 3.05) is 7.11 Å². The standard InChI is InChI=1S/C22H16ClNO4S/c1-27-22-14-16(13-18(15-24)17-5-3-2-4-6-17)7-12-21(22)28-29(25,26)20-10-8-19(23)9-11-20/h2-14H,1H3/b18-13+. The highest BCUT2D eigenvalue weighted by Gasteiger charge is 2.19. The molecule has 0 aliphatic carbocycles. The largest absolute Gasteiger partial charge is 0.493 e. The maximum atomic E-state index is 12.5. The van der Waals surface area contributed by atoms with Crippen LogP contribution in [-0.4, -0.2) is 15.5 Å². The minimum atomic E-state index is -4.05. The molecule has 0 saturated heterocycles. The molecule has 0 aromatic heterocycles. The molecule has 0 bridgehead atoms. The molecular weight excluding hydrogens is 410 g/mol. The van der Waals surface area contributed by atoms with E-state index in [1.807, 2.05) is 30.3 Å². The van der Waals surface area contributed by atoms with Gasteiger partial charge in [-0.05, 0) is 53.6 Å². The van der Waals surface area contributed by atoms with E-state index in [9.17, 15) is 13.7 Å². The number of rotatable bonds is 6. The summed E-state index contributed by atoms with van der Waals surface area (Å²) in [6.45, 7) is 0.